The highest BCUT2D eigenvalue weighted by Gasteiger charge is 2.23. The Bertz CT molecular complexity index is 676. The molecule has 1 aromatic carbocycles. The third-order valence-electron chi connectivity index (χ3n) is 4.07. The Kier molecular flexibility index (Phi) is 3.32. The van der Waals surface area contributed by atoms with Crippen molar-refractivity contribution in [3.8, 4) is 11.5 Å². The van der Waals surface area contributed by atoms with E-state index in [2.05, 4.69) is 6.07 Å². The van der Waals surface area contributed by atoms with Gasteiger partial charge in [-0.3, -0.25) is 0 Å². The zero-order valence-corrected chi connectivity index (χ0v) is 13.1. The van der Waals surface area contributed by atoms with E-state index in [9.17, 15) is 0 Å². The second kappa shape index (κ2) is 5.20. The lowest BCUT2D eigenvalue weighted by molar-refractivity contribution is 0.171. The second-order valence-electron chi connectivity index (χ2n) is 5.45. The Morgan fingerprint density at radius 1 is 1.10 bits per heavy atom. The van der Waals surface area contributed by atoms with Gasteiger partial charge in [0.15, 0.2) is 11.5 Å². The molecule has 0 spiro atoms. The Balaban J connectivity index is 1.71. The summed E-state index contributed by atoms with van der Waals surface area (Å²) in [7, 11) is 0. The van der Waals surface area contributed by atoms with Crippen LogP contribution in [0.1, 0.15) is 33.3 Å². The number of rotatable bonds is 2. The molecule has 0 saturated carbocycles. The number of nitrogens with two attached hydrogens (primary N) is 1. The topological polar surface area (TPSA) is 44.5 Å². The first-order chi connectivity index (χ1) is 10.2. The van der Waals surface area contributed by atoms with Crippen LogP contribution in [0.25, 0.3) is 0 Å². The first-order valence-electron chi connectivity index (χ1n) is 7.18. The summed E-state index contributed by atoms with van der Waals surface area (Å²) in [6, 6.07) is 5.77. The van der Waals surface area contributed by atoms with E-state index in [1.54, 1.807) is 0 Å². The lowest BCUT2D eigenvalue weighted by Crippen LogP contribution is -2.17. The molecule has 4 rings (SSSR count). The molecule has 2 N–H and O–H groups in total. The van der Waals surface area contributed by atoms with Crippen molar-refractivity contribution in [2.45, 2.75) is 25.3 Å². The second-order valence-corrected chi connectivity index (χ2v) is 7.02. The minimum atomic E-state index is -0.205. The van der Waals surface area contributed by atoms with E-state index in [-0.39, 0.29) is 6.04 Å². The zero-order valence-electron chi connectivity index (χ0n) is 11.5. The fourth-order valence-electron chi connectivity index (χ4n) is 2.98. The summed E-state index contributed by atoms with van der Waals surface area (Å²) in [6.07, 6.45) is 3.62. The van der Waals surface area contributed by atoms with Gasteiger partial charge in [0.2, 0.25) is 0 Å². The number of benzene rings is 1. The maximum absolute atomic E-state index is 6.44. The lowest BCUT2D eigenvalue weighted by atomic mass is 10.0. The van der Waals surface area contributed by atoms with Crippen molar-refractivity contribution in [3.05, 3.63) is 44.1 Å². The van der Waals surface area contributed by atoms with Gasteiger partial charge in [-0.05, 0) is 42.5 Å². The molecule has 0 amide bonds. The van der Waals surface area contributed by atoms with Crippen molar-refractivity contribution in [2.24, 2.45) is 5.73 Å². The molecule has 1 unspecified atom stereocenters. The average Bonchev–Trinajstić information content (AvgIpc) is 3.07. The first kappa shape index (κ1) is 13.4. The minimum absolute atomic E-state index is 0.205. The van der Waals surface area contributed by atoms with Gasteiger partial charge in [0, 0.05) is 20.8 Å². The molecule has 2 heterocycles. The zero-order chi connectivity index (χ0) is 14.4. The fraction of sp³-hybridized carbons (Fsp3) is 0.375. The van der Waals surface area contributed by atoms with Gasteiger partial charge in [-0.2, -0.15) is 0 Å². The van der Waals surface area contributed by atoms with E-state index in [1.807, 2.05) is 23.5 Å². The molecule has 2 aromatic rings. The fourth-order valence-corrected chi connectivity index (χ4v) is 4.53. The van der Waals surface area contributed by atoms with Crippen LogP contribution >= 0.6 is 22.9 Å². The predicted molar refractivity (Wildman–Crippen MR) is 84.8 cm³/mol. The highest BCUT2D eigenvalue weighted by Crippen LogP contribution is 2.41. The Morgan fingerprint density at radius 2 is 1.86 bits per heavy atom. The van der Waals surface area contributed by atoms with Crippen LogP contribution < -0.4 is 15.2 Å². The van der Waals surface area contributed by atoms with Crippen LogP contribution in [0.3, 0.4) is 0 Å². The van der Waals surface area contributed by atoms with Gasteiger partial charge in [0.1, 0.15) is 13.2 Å². The lowest BCUT2D eigenvalue weighted by Gasteiger charge is -2.21. The van der Waals surface area contributed by atoms with Crippen molar-refractivity contribution >= 4 is 22.9 Å². The molecule has 2 aliphatic rings. The molecule has 0 bridgehead atoms. The molecular weight excluding hydrogens is 306 g/mol. The monoisotopic (exact) mass is 321 g/mol. The van der Waals surface area contributed by atoms with Crippen molar-refractivity contribution in [2.75, 3.05) is 13.2 Å². The molecule has 21 heavy (non-hydrogen) atoms. The Hall–Kier alpha value is -1.23. The third-order valence-corrected chi connectivity index (χ3v) is 5.72. The van der Waals surface area contributed by atoms with Crippen LogP contribution in [0.5, 0.6) is 11.5 Å². The Morgan fingerprint density at radius 3 is 2.62 bits per heavy atom. The molecule has 5 heteroatoms. The van der Waals surface area contributed by atoms with E-state index >= 15 is 0 Å². The molecule has 110 valence electrons. The molecule has 1 aliphatic heterocycles. The smallest absolute Gasteiger partial charge is 0.162 e. The summed E-state index contributed by atoms with van der Waals surface area (Å²) in [5.41, 5.74) is 8.80. The molecule has 3 nitrogen and oxygen atoms in total. The van der Waals surface area contributed by atoms with E-state index in [1.165, 1.54) is 34.6 Å². The van der Waals surface area contributed by atoms with Gasteiger partial charge in [-0.1, -0.05) is 11.6 Å². The first-order valence-corrected chi connectivity index (χ1v) is 8.38. The largest absolute Gasteiger partial charge is 0.486 e. The van der Waals surface area contributed by atoms with Gasteiger partial charge in [-0.25, -0.2) is 0 Å². The quantitative estimate of drug-likeness (QED) is 0.917. The van der Waals surface area contributed by atoms with Gasteiger partial charge in [0.25, 0.3) is 0 Å². The highest BCUT2D eigenvalue weighted by atomic mass is 35.5. The van der Waals surface area contributed by atoms with E-state index in [4.69, 9.17) is 26.8 Å². The van der Waals surface area contributed by atoms with E-state index in [0.717, 1.165) is 11.3 Å². The summed E-state index contributed by atoms with van der Waals surface area (Å²) in [5.74, 6) is 1.44. The summed E-state index contributed by atoms with van der Waals surface area (Å²) < 4.78 is 11.2. The minimum Gasteiger partial charge on any atom is -0.486 e. The van der Waals surface area contributed by atoms with E-state index < -0.39 is 0 Å². The third kappa shape index (κ3) is 2.31. The number of fused-ring (bicyclic) bond motifs is 2. The van der Waals surface area contributed by atoms with Crippen LogP contribution in [-0.4, -0.2) is 13.2 Å². The summed E-state index contributed by atoms with van der Waals surface area (Å²) >= 11 is 8.20. The maximum atomic E-state index is 6.44. The van der Waals surface area contributed by atoms with Crippen LogP contribution in [-0.2, 0) is 12.8 Å². The molecule has 1 aromatic heterocycles. The number of aryl methyl sites for hydroxylation is 2. The van der Waals surface area contributed by atoms with Gasteiger partial charge < -0.3 is 15.2 Å². The van der Waals surface area contributed by atoms with Gasteiger partial charge in [-0.15, -0.1) is 11.3 Å². The van der Waals surface area contributed by atoms with E-state index in [0.29, 0.717) is 24.0 Å². The maximum Gasteiger partial charge on any atom is 0.162 e. The molecule has 1 atom stereocenters. The molecular formula is C16H16ClNO2S. The van der Waals surface area contributed by atoms with Crippen molar-refractivity contribution in [1.29, 1.82) is 0 Å². The predicted octanol–water partition coefficient (Wildman–Crippen LogP) is 3.71. The Labute approximate surface area is 132 Å². The standard InChI is InChI=1S/C16H16ClNO2S/c17-11-8-13-12(19-4-5-20-13)7-10(11)16(18)15-6-9-2-1-3-14(9)21-15/h6-8,16H,1-5,18H2. The SMILES string of the molecule is NC(c1cc2c(s1)CCC2)c1cc2c(cc1Cl)OCCO2. The number of thiophene rings is 1. The van der Waals surface area contributed by atoms with Crippen LogP contribution in [0.2, 0.25) is 5.02 Å². The molecule has 0 fully saturated rings. The van der Waals surface area contributed by atoms with Crippen molar-refractivity contribution in [3.63, 3.8) is 0 Å². The van der Waals surface area contributed by atoms with Crippen molar-refractivity contribution < 1.29 is 9.47 Å². The number of hydrogen-bond donors (Lipinski definition) is 1. The van der Waals surface area contributed by atoms with Crippen molar-refractivity contribution in [1.82, 2.24) is 0 Å². The summed E-state index contributed by atoms with van der Waals surface area (Å²) in [5, 5.41) is 0.639. The summed E-state index contributed by atoms with van der Waals surface area (Å²) in [4.78, 5) is 2.66. The number of halogens is 1. The molecule has 0 radical (unpaired) electrons. The molecule has 0 saturated heterocycles. The highest BCUT2D eigenvalue weighted by molar-refractivity contribution is 7.12. The van der Waals surface area contributed by atoms with Gasteiger partial charge >= 0.3 is 0 Å². The van der Waals surface area contributed by atoms with Gasteiger partial charge in [0.05, 0.1) is 6.04 Å². The molecule has 1 aliphatic carbocycles. The van der Waals surface area contributed by atoms with Crippen LogP contribution in [0.15, 0.2) is 18.2 Å². The number of ether oxygens (including phenoxy) is 2. The number of hydrogen-bond acceptors (Lipinski definition) is 4. The van der Waals surface area contributed by atoms with Crippen LogP contribution in [0.4, 0.5) is 0 Å². The van der Waals surface area contributed by atoms with Crippen LogP contribution in [0, 0.1) is 0 Å². The average molecular weight is 322 g/mol. The summed E-state index contributed by atoms with van der Waals surface area (Å²) in [6.45, 7) is 1.13. The normalized spacial score (nSPS) is 17.6.